The van der Waals surface area contributed by atoms with Crippen LogP contribution in [-0.4, -0.2) is 64.3 Å². The number of unbranched alkanes of at least 4 members (excludes halogenated alkanes) is 3. The number of aliphatic hydroxyl groups excluding tert-OH is 4. The lowest BCUT2D eigenvalue weighted by atomic mass is 9.99. The van der Waals surface area contributed by atoms with E-state index in [1.54, 1.807) is 0 Å². The molecule has 1 saturated heterocycles. The second-order valence-electron chi connectivity index (χ2n) is 4.63. The molecule has 6 nitrogen and oxygen atoms in total. The van der Waals surface area contributed by atoms with Gasteiger partial charge in [0, 0.05) is 6.61 Å². The average Bonchev–Trinajstić information content (AvgIpc) is 2.38. The van der Waals surface area contributed by atoms with Gasteiger partial charge in [-0.05, 0) is 6.42 Å². The molecule has 108 valence electrons. The van der Waals surface area contributed by atoms with Gasteiger partial charge in [0.05, 0.1) is 6.61 Å². The Morgan fingerprint density at radius 1 is 1.00 bits per heavy atom. The molecule has 1 rings (SSSR count). The van der Waals surface area contributed by atoms with E-state index in [0.717, 1.165) is 25.7 Å². The first-order valence-corrected chi connectivity index (χ1v) is 6.54. The topological polar surface area (TPSA) is 99.4 Å². The summed E-state index contributed by atoms with van der Waals surface area (Å²) in [5.41, 5.74) is 0. The fraction of sp³-hybridized carbons (Fsp3) is 1.00. The van der Waals surface area contributed by atoms with E-state index in [1.807, 2.05) is 0 Å². The van der Waals surface area contributed by atoms with Crippen LogP contribution in [0.2, 0.25) is 0 Å². The van der Waals surface area contributed by atoms with Gasteiger partial charge in [0.1, 0.15) is 24.4 Å². The highest BCUT2D eigenvalue weighted by Crippen LogP contribution is 2.22. The molecule has 18 heavy (non-hydrogen) atoms. The highest BCUT2D eigenvalue weighted by molar-refractivity contribution is 4.88. The normalized spacial score (nSPS) is 36.8. The van der Waals surface area contributed by atoms with E-state index in [2.05, 4.69) is 6.92 Å². The summed E-state index contributed by atoms with van der Waals surface area (Å²) in [6, 6.07) is 0. The van der Waals surface area contributed by atoms with E-state index in [4.69, 9.17) is 14.6 Å². The lowest BCUT2D eigenvalue weighted by Gasteiger charge is -2.39. The summed E-state index contributed by atoms with van der Waals surface area (Å²) in [4.78, 5) is 0. The Morgan fingerprint density at radius 2 is 1.72 bits per heavy atom. The molecule has 4 N–H and O–H groups in total. The Balaban J connectivity index is 2.35. The van der Waals surface area contributed by atoms with E-state index < -0.39 is 37.3 Å². The standard InChI is InChI=1S/C12H24O6/c1-2-3-4-5-6-17-12-11(16)10(15)9(14)8(7-13)18-12/h8-16H,2-7H2,1H3/t8-,9-,10+,11+,12+/m1/s1. The van der Waals surface area contributed by atoms with Gasteiger partial charge in [0.15, 0.2) is 6.29 Å². The van der Waals surface area contributed by atoms with Gasteiger partial charge in [-0.15, -0.1) is 0 Å². The van der Waals surface area contributed by atoms with Crippen molar-refractivity contribution >= 4 is 0 Å². The first kappa shape index (κ1) is 15.8. The number of aliphatic hydroxyl groups is 4. The maximum atomic E-state index is 9.68. The van der Waals surface area contributed by atoms with Crippen molar-refractivity contribution in [1.29, 1.82) is 0 Å². The highest BCUT2D eigenvalue weighted by atomic mass is 16.7. The molecule has 0 aromatic carbocycles. The monoisotopic (exact) mass is 264 g/mol. The lowest BCUT2D eigenvalue weighted by molar-refractivity contribution is -0.301. The fourth-order valence-electron chi connectivity index (χ4n) is 1.93. The predicted molar refractivity (Wildman–Crippen MR) is 63.9 cm³/mol. The molecule has 5 atom stereocenters. The average molecular weight is 264 g/mol. The van der Waals surface area contributed by atoms with E-state index in [1.165, 1.54) is 0 Å². The van der Waals surface area contributed by atoms with Crippen molar-refractivity contribution in [2.24, 2.45) is 0 Å². The molecule has 1 aliphatic heterocycles. The molecule has 0 amide bonds. The minimum atomic E-state index is -1.36. The molecule has 0 aliphatic carbocycles. The predicted octanol–water partition coefficient (Wildman–Crippen LogP) is -0.617. The van der Waals surface area contributed by atoms with Crippen molar-refractivity contribution in [2.45, 2.75) is 63.3 Å². The molecular formula is C12H24O6. The van der Waals surface area contributed by atoms with Gasteiger partial charge in [-0.3, -0.25) is 0 Å². The van der Waals surface area contributed by atoms with Crippen LogP contribution in [0.15, 0.2) is 0 Å². The summed E-state index contributed by atoms with van der Waals surface area (Å²) in [6.45, 7) is 2.10. The molecule has 1 fully saturated rings. The molecule has 1 heterocycles. The van der Waals surface area contributed by atoms with Crippen molar-refractivity contribution in [3.8, 4) is 0 Å². The van der Waals surface area contributed by atoms with Crippen LogP contribution >= 0.6 is 0 Å². The molecule has 0 aromatic heterocycles. The summed E-state index contributed by atoms with van der Waals surface area (Å²) >= 11 is 0. The van der Waals surface area contributed by atoms with E-state index in [-0.39, 0.29) is 0 Å². The van der Waals surface area contributed by atoms with Crippen LogP contribution in [0.5, 0.6) is 0 Å². The Morgan fingerprint density at radius 3 is 2.33 bits per heavy atom. The summed E-state index contributed by atoms with van der Waals surface area (Å²) in [5, 5.41) is 37.8. The summed E-state index contributed by atoms with van der Waals surface area (Å²) < 4.78 is 10.5. The van der Waals surface area contributed by atoms with Gasteiger partial charge < -0.3 is 29.9 Å². The third kappa shape index (κ3) is 4.15. The van der Waals surface area contributed by atoms with Crippen molar-refractivity contribution in [1.82, 2.24) is 0 Å². The van der Waals surface area contributed by atoms with Crippen LogP contribution in [0.4, 0.5) is 0 Å². The number of hydrogen-bond donors (Lipinski definition) is 4. The molecule has 0 aromatic rings. The summed E-state index contributed by atoms with van der Waals surface area (Å²) in [7, 11) is 0. The quantitative estimate of drug-likeness (QED) is 0.458. The first-order chi connectivity index (χ1) is 8.61. The van der Waals surface area contributed by atoms with Crippen LogP contribution in [0.1, 0.15) is 32.6 Å². The largest absolute Gasteiger partial charge is 0.394 e. The SMILES string of the molecule is CCCCCCO[C@H]1O[C@H](CO)[C@@H](O)[C@H](O)[C@@H]1O. The molecule has 0 spiro atoms. The summed E-state index contributed by atoms with van der Waals surface area (Å²) in [6.07, 6.45) is -1.75. The minimum Gasteiger partial charge on any atom is -0.394 e. The summed E-state index contributed by atoms with van der Waals surface area (Å²) in [5.74, 6) is 0. The van der Waals surface area contributed by atoms with Crippen LogP contribution in [-0.2, 0) is 9.47 Å². The van der Waals surface area contributed by atoms with Crippen LogP contribution < -0.4 is 0 Å². The Labute approximate surface area is 107 Å². The van der Waals surface area contributed by atoms with Gasteiger partial charge in [0.25, 0.3) is 0 Å². The second-order valence-corrected chi connectivity index (χ2v) is 4.63. The molecule has 0 radical (unpaired) electrons. The van der Waals surface area contributed by atoms with E-state index >= 15 is 0 Å². The van der Waals surface area contributed by atoms with Crippen molar-refractivity contribution in [2.75, 3.05) is 13.2 Å². The zero-order chi connectivity index (χ0) is 13.5. The lowest BCUT2D eigenvalue weighted by Crippen LogP contribution is -2.59. The molecule has 0 saturated carbocycles. The van der Waals surface area contributed by atoms with Crippen LogP contribution in [0, 0.1) is 0 Å². The maximum Gasteiger partial charge on any atom is 0.186 e. The number of hydrogen-bond acceptors (Lipinski definition) is 6. The van der Waals surface area contributed by atoms with Crippen molar-refractivity contribution < 1.29 is 29.9 Å². The Kier molecular flexibility index (Phi) is 7.06. The first-order valence-electron chi connectivity index (χ1n) is 6.54. The number of ether oxygens (including phenoxy) is 2. The molecule has 0 unspecified atom stereocenters. The molecule has 6 heteroatoms. The molecule has 0 bridgehead atoms. The highest BCUT2D eigenvalue weighted by Gasteiger charge is 2.43. The van der Waals surface area contributed by atoms with Gasteiger partial charge in [-0.2, -0.15) is 0 Å². The van der Waals surface area contributed by atoms with Gasteiger partial charge in [0.2, 0.25) is 0 Å². The van der Waals surface area contributed by atoms with Gasteiger partial charge in [-0.25, -0.2) is 0 Å². The van der Waals surface area contributed by atoms with Gasteiger partial charge in [-0.1, -0.05) is 26.2 Å². The second kappa shape index (κ2) is 8.04. The molecular weight excluding hydrogens is 240 g/mol. The van der Waals surface area contributed by atoms with E-state index in [9.17, 15) is 15.3 Å². The van der Waals surface area contributed by atoms with Crippen molar-refractivity contribution in [3.63, 3.8) is 0 Å². The zero-order valence-electron chi connectivity index (χ0n) is 10.7. The third-order valence-corrected chi connectivity index (χ3v) is 3.13. The van der Waals surface area contributed by atoms with E-state index in [0.29, 0.717) is 6.61 Å². The molecule has 1 aliphatic rings. The maximum absolute atomic E-state index is 9.68. The number of rotatable bonds is 7. The van der Waals surface area contributed by atoms with Gasteiger partial charge >= 0.3 is 0 Å². The smallest absolute Gasteiger partial charge is 0.186 e. The van der Waals surface area contributed by atoms with Crippen LogP contribution in [0.3, 0.4) is 0 Å². The third-order valence-electron chi connectivity index (χ3n) is 3.13. The fourth-order valence-corrected chi connectivity index (χ4v) is 1.93. The Bertz CT molecular complexity index is 223. The minimum absolute atomic E-state index is 0.419. The Hall–Kier alpha value is -0.240. The zero-order valence-corrected chi connectivity index (χ0v) is 10.7. The van der Waals surface area contributed by atoms with Crippen LogP contribution in [0.25, 0.3) is 0 Å². The van der Waals surface area contributed by atoms with Crippen molar-refractivity contribution in [3.05, 3.63) is 0 Å².